The Hall–Kier alpha value is -0.940. The lowest BCUT2D eigenvalue weighted by molar-refractivity contribution is 0.580. The molecule has 0 aliphatic carbocycles. The minimum absolute atomic E-state index is 0.343. The Labute approximate surface area is 120 Å². The van der Waals surface area contributed by atoms with Crippen molar-refractivity contribution in [3.05, 3.63) is 62.5 Å². The van der Waals surface area contributed by atoms with E-state index in [1.165, 1.54) is 12.1 Å². The maximum Gasteiger partial charge on any atom is 0.126 e. The summed E-state index contributed by atoms with van der Waals surface area (Å²) in [5, 5.41) is 3.12. The third kappa shape index (κ3) is 3.29. The van der Waals surface area contributed by atoms with E-state index in [-0.39, 0.29) is 0 Å². The molecule has 0 atom stereocenters. The summed E-state index contributed by atoms with van der Waals surface area (Å²) in [6.07, 6.45) is 0. The van der Waals surface area contributed by atoms with Crippen molar-refractivity contribution in [1.82, 2.24) is 0 Å². The normalized spacial score (nSPS) is 10.4. The zero-order valence-electron chi connectivity index (χ0n) is 9.18. The second-order valence-electron chi connectivity index (χ2n) is 3.73. The first kappa shape index (κ1) is 13.5. The van der Waals surface area contributed by atoms with Gasteiger partial charge in [0.15, 0.2) is 0 Å². The third-order valence-electron chi connectivity index (χ3n) is 2.35. The molecule has 18 heavy (non-hydrogen) atoms. The first-order valence-corrected chi connectivity index (χ1v) is 6.78. The summed E-state index contributed by atoms with van der Waals surface area (Å²) in [4.78, 5) is 0. The van der Waals surface area contributed by atoms with Gasteiger partial charge in [-0.25, -0.2) is 8.78 Å². The Balaban J connectivity index is 2.16. The minimum Gasteiger partial charge on any atom is -0.379 e. The van der Waals surface area contributed by atoms with Gasteiger partial charge in [-0.1, -0.05) is 6.07 Å². The molecule has 2 aromatic carbocycles. The van der Waals surface area contributed by atoms with Crippen LogP contribution >= 0.6 is 31.9 Å². The average Bonchev–Trinajstić information content (AvgIpc) is 2.27. The number of benzene rings is 2. The molecular formula is C13H9Br2F2N. The lowest BCUT2D eigenvalue weighted by atomic mass is 10.2. The van der Waals surface area contributed by atoms with Crippen LogP contribution in [-0.4, -0.2) is 0 Å². The van der Waals surface area contributed by atoms with E-state index in [9.17, 15) is 8.78 Å². The monoisotopic (exact) mass is 375 g/mol. The molecule has 0 spiro atoms. The number of hydrogen-bond donors (Lipinski definition) is 1. The highest BCUT2D eigenvalue weighted by Gasteiger charge is 2.05. The summed E-state index contributed by atoms with van der Waals surface area (Å²) in [7, 11) is 0. The summed E-state index contributed by atoms with van der Waals surface area (Å²) < 4.78 is 27.8. The van der Waals surface area contributed by atoms with Crippen LogP contribution < -0.4 is 5.32 Å². The molecule has 0 unspecified atom stereocenters. The van der Waals surface area contributed by atoms with Gasteiger partial charge in [0.05, 0.1) is 5.69 Å². The van der Waals surface area contributed by atoms with Crippen molar-refractivity contribution in [3.63, 3.8) is 0 Å². The van der Waals surface area contributed by atoms with E-state index in [2.05, 4.69) is 37.2 Å². The Kier molecular flexibility index (Phi) is 4.35. The molecule has 0 aliphatic heterocycles. The van der Waals surface area contributed by atoms with Crippen molar-refractivity contribution >= 4 is 37.5 Å². The molecule has 0 saturated carbocycles. The third-order valence-corrected chi connectivity index (χ3v) is 3.68. The maximum atomic E-state index is 13.0. The fraction of sp³-hybridized carbons (Fsp3) is 0.0769. The number of halogens is 4. The SMILES string of the molecule is Fc1cc(F)cc(CNc2c(Br)cccc2Br)c1. The smallest absolute Gasteiger partial charge is 0.126 e. The van der Waals surface area contributed by atoms with Crippen LogP contribution in [0.5, 0.6) is 0 Å². The Morgan fingerprint density at radius 3 is 2.06 bits per heavy atom. The maximum absolute atomic E-state index is 13.0. The van der Waals surface area contributed by atoms with Crippen LogP contribution in [0, 0.1) is 11.6 Å². The molecule has 2 rings (SSSR count). The van der Waals surface area contributed by atoms with E-state index in [0.29, 0.717) is 12.1 Å². The Morgan fingerprint density at radius 2 is 1.50 bits per heavy atom. The number of hydrogen-bond acceptors (Lipinski definition) is 1. The zero-order chi connectivity index (χ0) is 13.1. The molecule has 94 valence electrons. The highest BCUT2D eigenvalue weighted by atomic mass is 79.9. The average molecular weight is 377 g/mol. The molecule has 0 fully saturated rings. The number of rotatable bonds is 3. The molecule has 1 N–H and O–H groups in total. The van der Waals surface area contributed by atoms with E-state index in [1.807, 2.05) is 18.2 Å². The molecule has 0 heterocycles. The van der Waals surface area contributed by atoms with E-state index >= 15 is 0 Å². The molecule has 0 radical (unpaired) electrons. The van der Waals surface area contributed by atoms with Crippen molar-refractivity contribution in [2.75, 3.05) is 5.32 Å². The van der Waals surface area contributed by atoms with Gasteiger partial charge in [-0.05, 0) is 61.7 Å². The lowest BCUT2D eigenvalue weighted by Gasteiger charge is -2.10. The molecule has 0 amide bonds. The fourth-order valence-electron chi connectivity index (χ4n) is 1.57. The van der Waals surface area contributed by atoms with Crippen LogP contribution in [0.2, 0.25) is 0 Å². The number of nitrogens with one attached hydrogen (secondary N) is 1. The van der Waals surface area contributed by atoms with Gasteiger partial charge in [0, 0.05) is 21.6 Å². The Bertz CT molecular complexity index is 532. The van der Waals surface area contributed by atoms with Crippen LogP contribution in [0.1, 0.15) is 5.56 Å². The summed E-state index contributed by atoms with van der Waals surface area (Å²) in [6.45, 7) is 0.343. The molecule has 2 aromatic rings. The van der Waals surface area contributed by atoms with Gasteiger partial charge in [-0.15, -0.1) is 0 Å². The Morgan fingerprint density at radius 1 is 0.944 bits per heavy atom. The number of anilines is 1. The van der Waals surface area contributed by atoms with Crippen LogP contribution in [0.4, 0.5) is 14.5 Å². The van der Waals surface area contributed by atoms with Crippen molar-refractivity contribution in [2.24, 2.45) is 0 Å². The predicted octanol–water partition coefficient (Wildman–Crippen LogP) is 5.10. The fourth-order valence-corrected chi connectivity index (χ4v) is 2.85. The van der Waals surface area contributed by atoms with Gasteiger partial charge < -0.3 is 5.32 Å². The van der Waals surface area contributed by atoms with E-state index in [4.69, 9.17) is 0 Å². The van der Waals surface area contributed by atoms with E-state index in [0.717, 1.165) is 20.7 Å². The van der Waals surface area contributed by atoms with Gasteiger partial charge in [0.2, 0.25) is 0 Å². The number of para-hydroxylation sites is 1. The zero-order valence-corrected chi connectivity index (χ0v) is 12.4. The van der Waals surface area contributed by atoms with Crippen molar-refractivity contribution in [1.29, 1.82) is 0 Å². The van der Waals surface area contributed by atoms with Crippen molar-refractivity contribution < 1.29 is 8.78 Å². The van der Waals surface area contributed by atoms with Crippen LogP contribution in [0.15, 0.2) is 45.3 Å². The standard InChI is InChI=1S/C13H9Br2F2N/c14-11-2-1-3-12(15)13(11)18-7-8-4-9(16)6-10(17)5-8/h1-6,18H,7H2. The molecule has 0 saturated heterocycles. The van der Waals surface area contributed by atoms with Gasteiger partial charge in [-0.2, -0.15) is 0 Å². The summed E-state index contributed by atoms with van der Waals surface area (Å²) in [5.41, 5.74) is 1.40. The van der Waals surface area contributed by atoms with Gasteiger partial charge in [0.1, 0.15) is 11.6 Å². The second kappa shape index (κ2) is 5.80. The molecule has 1 nitrogen and oxygen atoms in total. The van der Waals surface area contributed by atoms with Gasteiger partial charge in [0.25, 0.3) is 0 Å². The van der Waals surface area contributed by atoms with E-state index in [1.54, 1.807) is 0 Å². The quantitative estimate of drug-likeness (QED) is 0.785. The predicted molar refractivity (Wildman–Crippen MR) is 75.5 cm³/mol. The molecule has 0 bridgehead atoms. The summed E-state index contributed by atoms with van der Waals surface area (Å²) in [5.74, 6) is -1.14. The highest BCUT2D eigenvalue weighted by Crippen LogP contribution is 2.30. The second-order valence-corrected chi connectivity index (χ2v) is 5.44. The largest absolute Gasteiger partial charge is 0.379 e. The summed E-state index contributed by atoms with van der Waals surface area (Å²) >= 11 is 6.82. The van der Waals surface area contributed by atoms with Crippen LogP contribution in [0.25, 0.3) is 0 Å². The van der Waals surface area contributed by atoms with Crippen LogP contribution in [-0.2, 0) is 6.54 Å². The van der Waals surface area contributed by atoms with E-state index < -0.39 is 11.6 Å². The van der Waals surface area contributed by atoms with Crippen molar-refractivity contribution in [3.8, 4) is 0 Å². The molecule has 5 heteroatoms. The highest BCUT2D eigenvalue weighted by molar-refractivity contribution is 9.11. The molecule has 0 aliphatic rings. The topological polar surface area (TPSA) is 12.0 Å². The van der Waals surface area contributed by atoms with Crippen molar-refractivity contribution in [2.45, 2.75) is 6.54 Å². The van der Waals surface area contributed by atoms with Gasteiger partial charge in [-0.3, -0.25) is 0 Å². The minimum atomic E-state index is -0.571. The summed E-state index contributed by atoms with van der Waals surface area (Å²) in [6, 6.07) is 9.14. The molecular weight excluding hydrogens is 368 g/mol. The molecule has 0 aromatic heterocycles. The van der Waals surface area contributed by atoms with Crippen LogP contribution in [0.3, 0.4) is 0 Å². The first-order chi connectivity index (χ1) is 8.56. The lowest BCUT2D eigenvalue weighted by Crippen LogP contribution is -2.01. The van der Waals surface area contributed by atoms with Gasteiger partial charge >= 0.3 is 0 Å². The first-order valence-electron chi connectivity index (χ1n) is 5.19.